The summed E-state index contributed by atoms with van der Waals surface area (Å²) in [5.41, 5.74) is -1.43. The normalized spacial score (nSPS) is 23.4. The Balaban J connectivity index is 0.000000532. The molecule has 0 spiro atoms. The number of rotatable bonds is 7. The molecule has 0 bridgehead atoms. The average Bonchev–Trinajstić information content (AvgIpc) is 3.12. The highest BCUT2D eigenvalue weighted by Crippen LogP contribution is 2.30. The van der Waals surface area contributed by atoms with E-state index in [1.165, 1.54) is 10.5 Å². The van der Waals surface area contributed by atoms with E-state index < -0.39 is 45.4 Å². The van der Waals surface area contributed by atoms with Gasteiger partial charge in [-0.05, 0) is 57.2 Å². The van der Waals surface area contributed by atoms with Crippen molar-refractivity contribution < 1.29 is 45.8 Å². The Morgan fingerprint density at radius 1 is 1.18 bits per heavy atom. The van der Waals surface area contributed by atoms with E-state index in [2.05, 4.69) is 20.9 Å². The molecular weight excluding hydrogens is 571 g/mol. The Morgan fingerprint density at radius 3 is 2.28 bits per heavy atom. The molecule has 17 heteroatoms. The molecule has 0 radical (unpaired) electrons. The standard InChI is InChI=1S/C20H28ClN5O5S.C2HF3O2/c21-15-1-2-17(23-12-15)31-16-5-9-26(10-6-16)32(29,30)13-20(18(27)24-19(28)25-20)11-14-3-7-22-8-4-14;3-2(4,5)1(6)7/h1-2,12,14,16,22H,3-11,13H2,(H2,24,25,27,28);(H,6,7). The number of nitrogens with zero attached hydrogens (tertiary/aromatic N) is 2. The average molecular weight is 600 g/mol. The van der Waals surface area contributed by atoms with E-state index in [1.807, 2.05) is 0 Å². The molecular formula is C22H29ClF3N5O7S. The molecule has 4 N–H and O–H groups in total. The first-order valence-electron chi connectivity index (χ1n) is 12.1. The number of piperidine rings is 2. The van der Waals surface area contributed by atoms with Crippen LogP contribution in [0.1, 0.15) is 32.1 Å². The third kappa shape index (κ3) is 8.65. The first-order valence-corrected chi connectivity index (χ1v) is 14.1. The monoisotopic (exact) mass is 599 g/mol. The van der Waals surface area contributed by atoms with E-state index in [9.17, 15) is 31.2 Å². The molecule has 4 heterocycles. The highest BCUT2D eigenvalue weighted by atomic mass is 35.5. The summed E-state index contributed by atoms with van der Waals surface area (Å²) in [6, 6.07) is 2.73. The molecule has 3 aliphatic rings. The van der Waals surface area contributed by atoms with Gasteiger partial charge in [-0.15, -0.1) is 0 Å². The fraction of sp³-hybridized carbons (Fsp3) is 0.636. The summed E-state index contributed by atoms with van der Waals surface area (Å²) in [6.07, 6.45) is -0.744. The van der Waals surface area contributed by atoms with Crippen LogP contribution in [0.25, 0.3) is 0 Å². The van der Waals surface area contributed by atoms with Crippen LogP contribution in [0.3, 0.4) is 0 Å². The molecule has 3 saturated heterocycles. The van der Waals surface area contributed by atoms with Gasteiger partial charge in [0.25, 0.3) is 5.91 Å². The summed E-state index contributed by atoms with van der Waals surface area (Å²) in [5, 5.41) is 15.8. The Labute approximate surface area is 227 Å². The summed E-state index contributed by atoms with van der Waals surface area (Å²) >= 11 is 5.84. The Bertz CT molecular complexity index is 1140. The smallest absolute Gasteiger partial charge is 0.475 e. The highest BCUT2D eigenvalue weighted by Gasteiger charge is 2.51. The van der Waals surface area contributed by atoms with Gasteiger partial charge in [0.2, 0.25) is 15.9 Å². The SMILES string of the molecule is O=C(O)C(F)(F)F.O=C1NC(=O)C(CC2CCNCC2)(CS(=O)(=O)N2CCC(Oc3ccc(Cl)cn3)CC2)N1. The van der Waals surface area contributed by atoms with Crippen LogP contribution in [-0.4, -0.2) is 90.5 Å². The number of carbonyl (C=O) groups excluding carboxylic acids is 2. The molecule has 1 unspecified atom stereocenters. The van der Waals surface area contributed by atoms with Gasteiger partial charge in [-0.1, -0.05) is 11.6 Å². The fourth-order valence-electron chi connectivity index (χ4n) is 4.64. The number of ether oxygens (including phenoxy) is 1. The van der Waals surface area contributed by atoms with Crippen LogP contribution in [0.15, 0.2) is 18.3 Å². The lowest BCUT2D eigenvalue weighted by Crippen LogP contribution is -2.57. The van der Waals surface area contributed by atoms with E-state index in [-0.39, 0.29) is 25.1 Å². The Hall–Kier alpha value is -2.69. The highest BCUT2D eigenvalue weighted by molar-refractivity contribution is 7.89. The largest absolute Gasteiger partial charge is 0.490 e. The van der Waals surface area contributed by atoms with Crippen molar-refractivity contribution in [3.8, 4) is 5.88 Å². The van der Waals surface area contributed by atoms with Gasteiger partial charge in [0, 0.05) is 25.4 Å². The van der Waals surface area contributed by atoms with Gasteiger partial charge in [0.05, 0.1) is 10.8 Å². The predicted octanol–water partition coefficient (Wildman–Crippen LogP) is 1.51. The van der Waals surface area contributed by atoms with Crippen LogP contribution in [-0.2, 0) is 19.6 Å². The van der Waals surface area contributed by atoms with Gasteiger partial charge in [0.15, 0.2) is 0 Å². The molecule has 39 heavy (non-hydrogen) atoms. The molecule has 1 aromatic heterocycles. The number of hydrogen-bond donors (Lipinski definition) is 4. The molecule has 3 amide bonds. The third-order valence-corrected chi connectivity index (χ3v) is 8.80. The molecule has 4 rings (SSSR count). The second-order valence-corrected chi connectivity index (χ2v) is 11.9. The van der Waals surface area contributed by atoms with E-state index in [0.29, 0.717) is 30.2 Å². The van der Waals surface area contributed by atoms with Gasteiger partial charge in [0.1, 0.15) is 11.6 Å². The Morgan fingerprint density at radius 2 is 1.79 bits per heavy atom. The molecule has 3 aliphatic heterocycles. The summed E-state index contributed by atoms with van der Waals surface area (Å²) in [5.74, 6) is -3.14. The lowest BCUT2D eigenvalue weighted by Gasteiger charge is -2.36. The maximum atomic E-state index is 13.3. The topological polar surface area (TPSA) is 167 Å². The number of alkyl halides is 3. The van der Waals surface area contributed by atoms with Gasteiger partial charge >= 0.3 is 18.2 Å². The lowest BCUT2D eigenvalue weighted by atomic mass is 9.84. The van der Waals surface area contributed by atoms with Crippen molar-refractivity contribution in [1.29, 1.82) is 0 Å². The van der Waals surface area contributed by atoms with Crippen molar-refractivity contribution in [3.63, 3.8) is 0 Å². The molecule has 1 atom stereocenters. The number of carboxylic acid groups (broad SMARTS) is 1. The van der Waals surface area contributed by atoms with Gasteiger partial charge in [-0.25, -0.2) is 27.3 Å². The van der Waals surface area contributed by atoms with E-state index >= 15 is 0 Å². The van der Waals surface area contributed by atoms with Crippen LogP contribution in [0.4, 0.5) is 18.0 Å². The number of carboxylic acids is 1. The summed E-state index contributed by atoms with van der Waals surface area (Å²) in [7, 11) is -3.78. The van der Waals surface area contributed by atoms with Crippen molar-refractivity contribution in [2.75, 3.05) is 31.9 Å². The molecule has 0 aromatic carbocycles. The maximum Gasteiger partial charge on any atom is 0.490 e. The minimum Gasteiger partial charge on any atom is -0.475 e. The summed E-state index contributed by atoms with van der Waals surface area (Å²) in [4.78, 5) is 37.6. The van der Waals surface area contributed by atoms with Crippen LogP contribution in [0.2, 0.25) is 5.02 Å². The second-order valence-electron chi connectivity index (χ2n) is 9.48. The number of nitrogens with one attached hydrogen (secondary N) is 3. The number of sulfonamides is 1. The number of imide groups is 1. The molecule has 3 fully saturated rings. The van der Waals surface area contributed by atoms with Crippen LogP contribution >= 0.6 is 11.6 Å². The zero-order chi connectivity index (χ0) is 28.8. The number of aromatic nitrogens is 1. The second kappa shape index (κ2) is 12.7. The van der Waals surface area contributed by atoms with Crippen molar-refractivity contribution in [2.45, 2.75) is 49.9 Å². The van der Waals surface area contributed by atoms with Crippen molar-refractivity contribution in [3.05, 3.63) is 23.4 Å². The van der Waals surface area contributed by atoms with E-state index in [4.69, 9.17) is 26.2 Å². The number of aliphatic carboxylic acids is 1. The van der Waals surface area contributed by atoms with Crippen LogP contribution in [0.5, 0.6) is 5.88 Å². The first-order chi connectivity index (χ1) is 18.2. The third-order valence-electron chi connectivity index (χ3n) is 6.56. The number of hydrogen-bond acceptors (Lipinski definition) is 8. The van der Waals surface area contributed by atoms with Crippen LogP contribution in [0, 0.1) is 5.92 Å². The number of pyridine rings is 1. The number of halogens is 4. The molecule has 12 nitrogen and oxygen atoms in total. The number of carbonyl (C=O) groups is 3. The van der Waals surface area contributed by atoms with Crippen molar-refractivity contribution in [1.82, 2.24) is 25.2 Å². The van der Waals surface area contributed by atoms with Crippen molar-refractivity contribution >= 4 is 39.5 Å². The van der Waals surface area contributed by atoms with Gasteiger partial charge < -0.3 is 20.5 Å². The van der Waals surface area contributed by atoms with Crippen molar-refractivity contribution in [2.24, 2.45) is 5.92 Å². The molecule has 1 aromatic rings. The van der Waals surface area contributed by atoms with Gasteiger partial charge in [-0.2, -0.15) is 13.2 Å². The number of urea groups is 1. The molecule has 218 valence electrons. The molecule has 0 aliphatic carbocycles. The van der Waals surface area contributed by atoms with Crippen LogP contribution < -0.4 is 20.7 Å². The maximum absolute atomic E-state index is 13.3. The Kier molecular flexibility index (Phi) is 10.0. The zero-order valence-electron chi connectivity index (χ0n) is 20.7. The minimum absolute atomic E-state index is 0.159. The predicted molar refractivity (Wildman–Crippen MR) is 132 cm³/mol. The summed E-state index contributed by atoms with van der Waals surface area (Å²) in [6.45, 7) is 2.19. The van der Waals surface area contributed by atoms with Gasteiger partial charge in [-0.3, -0.25) is 10.1 Å². The fourth-order valence-corrected chi connectivity index (χ4v) is 6.65. The summed E-state index contributed by atoms with van der Waals surface area (Å²) < 4.78 is 65.5. The van der Waals surface area contributed by atoms with E-state index in [1.54, 1.807) is 12.1 Å². The van der Waals surface area contributed by atoms with E-state index in [0.717, 1.165) is 25.9 Å². The minimum atomic E-state index is -5.08. The number of amides is 3. The molecule has 0 saturated carbocycles. The first kappa shape index (κ1) is 30.8. The zero-order valence-corrected chi connectivity index (χ0v) is 22.2. The quantitative estimate of drug-likeness (QED) is 0.340. The lowest BCUT2D eigenvalue weighted by molar-refractivity contribution is -0.192.